The number of nitrogens with zero attached hydrogens (tertiary/aromatic N) is 2. The van der Waals surface area contributed by atoms with E-state index in [1.807, 2.05) is 25.1 Å². The fraction of sp³-hybridized carbons (Fsp3) is 0.286. The molecule has 4 nitrogen and oxygen atoms in total. The van der Waals surface area contributed by atoms with Gasteiger partial charge in [-0.2, -0.15) is 13.2 Å². The number of hydrogen-bond donors (Lipinski definition) is 2. The molecule has 1 heterocycles. The van der Waals surface area contributed by atoms with Crippen LogP contribution in [0.5, 0.6) is 0 Å². The Balaban J connectivity index is 2.39. The zero-order valence-electron chi connectivity index (χ0n) is 11.6. The lowest BCUT2D eigenvalue weighted by atomic mass is 10.1. The summed E-state index contributed by atoms with van der Waals surface area (Å²) in [5.74, 6) is -0.970. The molecule has 0 aliphatic rings. The van der Waals surface area contributed by atoms with Crippen molar-refractivity contribution in [2.24, 2.45) is 0 Å². The molecule has 0 unspecified atom stereocenters. The van der Waals surface area contributed by atoms with Crippen LogP contribution in [0.3, 0.4) is 0 Å². The first-order chi connectivity index (χ1) is 9.94. The molecule has 0 spiro atoms. The zero-order chi connectivity index (χ0) is 15.5. The lowest BCUT2D eigenvalue weighted by molar-refractivity contribution is -0.144. The average molecular weight is 296 g/mol. The minimum absolute atomic E-state index is 0.0996. The Morgan fingerprint density at radius 2 is 1.76 bits per heavy atom. The zero-order valence-corrected chi connectivity index (χ0v) is 11.6. The number of anilines is 3. The summed E-state index contributed by atoms with van der Waals surface area (Å²) in [5.41, 5.74) is 1.73. The van der Waals surface area contributed by atoms with Gasteiger partial charge in [-0.15, -0.1) is 0 Å². The molecule has 0 aliphatic carbocycles. The molecule has 1 aromatic carbocycles. The number of alkyl halides is 3. The van der Waals surface area contributed by atoms with Gasteiger partial charge in [-0.3, -0.25) is 0 Å². The summed E-state index contributed by atoms with van der Waals surface area (Å²) in [5, 5.41) is 5.52. The first-order valence-electron chi connectivity index (χ1n) is 6.43. The molecule has 2 rings (SSSR count). The van der Waals surface area contributed by atoms with Crippen molar-refractivity contribution < 1.29 is 13.2 Å². The second-order valence-corrected chi connectivity index (χ2v) is 4.35. The van der Waals surface area contributed by atoms with Crippen LogP contribution >= 0.6 is 0 Å². The number of hydrogen-bond acceptors (Lipinski definition) is 4. The molecule has 2 N–H and O–H groups in total. The van der Waals surface area contributed by atoms with E-state index < -0.39 is 12.0 Å². The Morgan fingerprint density at radius 3 is 2.38 bits per heavy atom. The van der Waals surface area contributed by atoms with Crippen LogP contribution < -0.4 is 10.6 Å². The number of nitrogens with one attached hydrogen (secondary N) is 2. The van der Waals surface area contributed by atoms with E-state index in [9.17, 15) is 13.2 Å². The van der Waals surface area contributed by atoms with E-state index in [4.69, 9.17) is 0 Å². The first kappa shape index (κ1) is 15.1. The van der Waals surface area contributed by atoms with Gasteiger partial charge >= 0.3 is 6.18 Å². The van der Waals surface area contributed by atoms with Crippen molar-refractivity contribution in [1.82, 2.24) is 9.97 Å². The number of para-hydroxylation sites is 1. The van der Waals surface area contributed by atoms with E-state index in [0.717, 1.165) is 17.7 Å². The number of halogens is 3. The molecule has 0 aliphatic heterocycles. The van der Waals surface area contributed by atoms with Gasteiger partial charge in [0.25, 0.3) is 0 Å². The van der Waals surface area contributed by atoms with Crippen molar-refractivity contribution in [3.05, 3.63) is 41.7 Å². The first-order valence-corrected chi connectivity index (χ1v) is 6.43. The molecule has 0 saturated heterocycles. The Bertz CT molecular complexity index is 626. The summed E-state index contributed by atoms with van der Waals surface area (Å²) in [6, 6.07) is 8.83. The molecule has 0 radical (unpaired) electrons. The fourth-order valence-electron chi connectivity index (χ4n) is 1.85. The molecule has 0 fully saturated rings. The highest BCUT2D eigenvalue weighted by Gasteiger charge is 2.35. The average Bonchev–Trinajstić information content (AvgIpc) is 2.46. The van der Waals surface area contributed by atoms with Gasteiger partial charge in [-0.05, 0) is 18.1 Å². The largest absolute Gasteiger partial charge is 0.451 e. The van der Waals surface area contributed by atoms with Crippen molar-refractivity contribution >= 4 is 17.3 Å². The monoisotopic (exact) mass is 296 g/mol. The summed E-state index contributed by atoms with van der Waals surface area (Å²) in [4.78, 5) is 6.96. The maximum atomic E-state index is 12.8. The predicted octanol–water partition coefficient (Wildman–Crippen LogP) is 3.84. The molecule has 21 heavy (non-hydrogen) atoms. The smallest absolute Gasteiger partial charge is 0.373 e. The van der Waals surface area contributed by atoms with Gasteiger partial charge in [0.1, 0.15) is 11.6 Å². The van der Waals surface area contributed by atoms with E-state index in [1.165, 1.54) is 13.1 Å². The van der Waals surface area contributed by atoms with Crippen LogP contribution in [0.25, 0.3) is 0 Å². The standard InChI is InChI=1S/C14H15F3N4/c1-3-9-6-4-5-7-10(9)19-12-8-11(18-2)20-13(21-12)14(15,16)17/h4-8H,3H2,1-2H3,(H2,18,19,20,21). The normalized spacial score (nSPS) is 11.3. The second kappa shape index (κ2) is 5.99. The van der Waals surface area contributed by atoms with Crippen LogP contribution in [0.15, 0.2) is 30.3 Å². The summed E-state index contributed by atoms with van der Waals surface area (Å²) in [6.45, 7) is 1.97. The molecule has 0 bridgehead atoms. The van der Waals surface area contributed by atoms with Crippen LogP contribution in [-0.2, 0) is 12.6 Å². The summed E-state index contributed by atoms with van der Waals surface area (Å²) in [7, 11) is 1.51. The van der Waals surface area contributed by atoms with Gasteiger partial charge in [0.05, 0.1) is 0 Å². The van der Waals surface area contributed by atoms with Crippen LogP contribution in [0.1, 0.15) is 18.3 Å². The number of rotatable bonds is 4. The molecular weight excluding hydrogens is 281 g/mol. The topological polar surface area (TPSA) is 49.8 Å². The van der Waals surface area contributed by atoms with Gasteiger partial charge in [0.2, 0.25) is 5.82 Å². The second-order valence-electron chi connectivity index (χ2n) is 4.35. The lowest BCUT2D eigenvalue weighted by Crippen LogP contribution is -2.13. The van der Waals surface area contributed by atoms with Crippen LogP contribution in [0.4, 0.5) is 30.5 Å². The van der Waals surface area contributed by atoms with Crippen molar-refractivity contribution in [3.8, 4) is 0 Å². The van der Waals surface area contributed by atoms with Crippen molar-refractivity contribution in [2.45, 2.75) is 19.5 Å². The van der Waals surface area contributed by atoms with Gasteiger partial charge in [0.15, 0.2) is 0 Å². The molecule has 0 saturated carbocycles. The summed E-state index contributed by atoms with van der Waals surface area (Å²) < 4.78 is 38.4. The number of benzene rings is 1. The highest BCUT2D eigenvalue weighted by molar-refractivity contribution is 5.62. The summed E-state index contributed by atoms with van der Waals surface area (Å²) in [6.07, 6.45) is -3.83. The third kappa shape index (κ3) is 3.62. The van der Waals surface area contributed by atoms with Gasteiger partial charge in [-0.1, -0.05) is 25.1 Å². The highest BCUT2D eigenvalue weighted by Crippen LogP contribution is 2.29. The maximum Gasteiger partial charge on any atom is 0.451 e. The maximum absolute atomic E-state index is 12.8. The Kier molecular flexibility index (Phi) is 4.30. The number of aryl methyl sites for hydroxylation is 1. The van der Waals surface area contributed by atoms with Gasteiger partial charge in [0, 0.05) is 18.8 Å². The molecule has 7 heteroatoms. The van der Waals surface area contributed by atoms with Crippen LogP contribution in [0.2, 0.25) is 0 Å². The van der Waals surface area contributed by atoms with Gasteiger partial charge < -0.3 is 10.6 Å². The lowest BCUT2D eigenvalue weighted by Gasteiger charge is -2.13. The Morgan fingerprint density at radius 1 is 1.10 bits per heavy atom. The third-order valence-corrected chi connectivity index (χ3v) is 2.90. The van der Waals surface area contributed by atoms with E-state index in [2.05, 4.69) is 20.6 Å². The van der Waals surface area contributed by atoms with Crippen LogP contribution in [-0.4, -0.2) is 17.0 Å². The van der Waals surface area contributed by atoms with Gasteiger partial charge in [-0.25, -0.2) is 9.97 Å². The van der Waals surface area contributed by atoms with Crippen molar-refractivity contribution in [1.29, 1.82) is 0 Å². The SMILES string of the molecule is CCc1ccccc1Nc1cc(NC)nc(C(F)(F)F)n1. The van der Waals surface area contributed by atoms with E-state index in [-0.39, 0.29) is 11.6 Å². The molecule has 2 aromatic rings. The fourth-order valence-corrected chi connectivity index (χ4v) is 1.85. The highest BCUT2D eigenvalue weighted by atomic mass is 19.4. The summed E-state index contributed by atoms with van der Waals surface area (Å²) >= 11 is 0. The minimum Gasteiger partial charge on any atom is -0.373 e. The third-order valence-electron chi connectivity index (χ3n) is 2.90. The van der Waals surface area contributed by atoms with E-state index >= 15 is 0 Å². The Hall–Kier alpha value is -2.31. The molecule has 112 valence electrons. The molecule has 0 amide bonds. The molecular formula is C14H15F3N4. The quantitative estimate of drug-likeness (QED) is 0.900. The van der Waals surface area contributed by atoms with Crippen LogP contribution in [0, 0.1) is 0 Å². The minimum atomic E-state index is -4.59. The predicted molar refractivity (Wildman–Crippen MR) is 75.7 cm³/mol. The van der Waals surface area contributed by atoms with E-state index in [0.29, 0.717) is 0 Å². The molecule has 0 atom stereocenters. The molecule has 1 aromatic heterocycles. The Labute approximate surface area is 120 Å². The van der Waals surface area contributed by atoms with Crippen molar-refractivity contribution in [3.63, 3.8) is 0 Å². The van der Waals surface area contributed by atoms with Crippen molar-refractivity contribution in [2.75, 3.05) is 17.7 Å². The van der Waals surface area contributed by atoms with E-state index in [1.54, 1.807) is 6.07 Å². The number of aromatic nitrogens is 2.